The van der Waals surface area contributed by atoms with Crippen LogP contribution < -0.4 is 16.0 Å². The summed E-state index contributed by atoms with van der Waals surface area (Å²) in [5.41, 5.74) is 6.99. The standard InChI is InChI=1S/C19H27N5OS/c1-14-12-24(13-15(2)25-14)18-6-5-16(10-22-18)11-23-19(20)21-8-7-17-4-3-9-26-17/h3-6,9-10,14-15H,7-8,11-13H2,1-2H3,(H3,20,21,23). The topological polar surface area (TPSA) is 75.8 Å². The van der Waals surface area contributed by atoms with Gasteiger partial charge >= 0.3 is 0 Å². The molecule has 3 rings (SSSR count). The number of anilines is 1. The summed E-state index contributed by atoms with van der Waals surface area (Å²) in [5, 5.41) is 5.24. The number of nitrogens with two attached hydrogens (primary N) is 1. The molecule has 0 aliphatic carbocycles. The fourth-order valence-electron chi connectivity index (χ4n) is 3.06. The van der Waals surface area contributed by atoms with E-state index in [1.807, 2.05) is 6.20 Å². The lowest BCUT2D eigenvalue weighted by molar-refractivity contribution is -0.00545. The number of morpholine rings is 1. The minimum atomic E-state index is 0.227. The third-order valence-electron chi connectivity index (χ3n) is 4.24. The Bertz CT molecular complexity index is 691. The average molecular weight is 374 g/mol. The molecule has 2 aromatic heterocycles. The van der Waals surface area contributed by atoms with Gasteiger partial charge in [0.15, 0.2) is 5.96 Å². The fourth-order valence-corrected chi connectivity index (χ4v) is 3.77. The van der Waals surface area contributed by atoms with E-state index < -0.39 is 0 Å². The lowest BCUT2D eigenvalue weighted by Crippen LogP contribution is -2.45. The number of rotatable bonds is 6. The predicted molar refractivity (Wildman–Crippen MR) is 108 cm³/mol. The van der Waals surface area contributed by atoms with Gasteiger partial charge in [-0.15, -0.1) is 11.3 Å². The molecule has 140 valence electrons. The summed E-state index contributed by atoms with van der Waals surface area (Å²) in [6, 6.07) is 8.31. The van der Waals surface area contributed by atoms with Crippen molar-refractivity contribution < 1.29 is 4.74 Å². The fraction of sp³-hybridized carbons (Fsp3) is 0.474. The largest absolute Gasteiger partial charge is 0.372 e. The molecule has 2 unspecified atom stereocenters. The number of aromatic nitrogens is 1. The summed E-state index contributed by atoms with van der Waals surface area (Å²) in [6.07, 6.45) is 3.29. The Morgan fingerprint density at radius 1 is 1.35 bits per heavy atom. The molecule has 0 spiro atoms. The van der Waals surface area contributed by atoms with Gasteiger partial charge < -0.3 is 20.7 Å². The molecule has 1 aliphatic rings. The van der Waals surface area contributed by atoms with Gasteiger partial charge in [-0.3, -0.25) is 0 Å². The Morgan fingerprint density at radius 2 is 2.15 bits per heavy atom. The van der Waals surface area contributed by atoms with E-state index in [4.69, 9.17) is 10.5 Å². The summed E-state index contributed by atoms with van der Waals surface area (Å²) < 4.78 is 5.77. The summed E-state index contributed by atoms with van der Waals surface area (Å²) in [7, 11) is 0. The van der Waals surface area contributed by atoms with Crippen LogP contribution in [0.1, 0.15) is 24.3 Å². The zero-order valence-corrected chi connectivity index (χ0v) is 16.2. The molecule has 26 heavy (non-hydrogen) atoms. The van der Waals surface area contributed by atoms with Crippen molar-refractivity contribution >= 4 is 23.1 Å². The third-order valence-corrected chi connectivity index (χ3v) is 5.18. The van der Waals surface area contributed by atoms with Gasteiger partial charge in [-0.05, 0) is 43.3 Å². The van der Waals surface area contributed by atoms with Crippen molar-refractivity contribution in [2.75, 3.05) is 24.5 Å². The van der Waals surface area contributed by atoms with Crippen molar-refractivity contribution in [3.63, 3.8) is 0 Å². The first-order valence-electron chi connectivity index (χ1n) is 9.01. The highest BCUT2D eigenvalue weighted by atomic mass is 32.1. The number of hydrogen-bond donors (Lipinski definition) is 2. The third kappa shape index (κ3) is 5.44. The van der Waals surface area contributed by atoms with E-state index in [0.717, 1.165) is 37.4 Å². The van der Waals surface area contributed by atoms with Gasteiger partial charge in [0.2, 0.25) is 0 Å². The van der Waals surface area contributed by atoms with E-state index in [9.17, 15) is 0 Å². The summed E-state index contributed by atoms with van der Waals surface area (Å²) in [5.74, 6) is 1.46. The molecule has 1 fully saturated rings. The van der Waals surface area contributed by atoms with Crippen molar-refractivity contribution in [2.45, 2.75) is 39.0 Å². The van der Waals surface area contributed by atoms with Gasteiger partial charge in [0.05, 0.1) is 18.8 Å². The van der Waals surface area contributed by atoms with Gasteiger partial charge in [-0.2, -0.15) is 0 Å². The SMILES string of the molecule is CC1CN(c2ccc(CN=C(N)NCCc3cccs3)cn2)CC(C)O1. The summed E-state index contributed by atoms with van der Waals surface area (Å²) >= 11 is 1.76. The molecule has 2 aromatic rings. The minimum Gasteiger partial charge on any atom is -0.372 e. The van der Waals surface area contributed by atoms with Gasteiger partial charge in [0, 0.05) is 30.7 Å². The second-order valence-electron chi connectivity index (χ2n) is 6.64. The zero-order chi connectivity index (χ0) is 18.4. The van der Waals surface area contributed by atoms with E-state index in [2.05, 4.69) is 63.7 Å². The monoisotopic (exact) mass is 373 g/mol. The van der Waals surface area contributed by atoms with E-state index in [0.29, 0.717) is 12.5 Å². The Morgan fingerprint density at radius 3 is 2.81 bits per heavy atom. The Kier molecular flexibility index (Phi) is 6.46. The van der Waals surface area contributed by atoms with Crippen LogP contribution in [0.2, 0.25) is 0 Å². The van der Waals surface area contributed by atoms with Crippen LogP contribution in [0.5, 0.6) is 0 Å². The van der Waals surface area contributed by atoms with Crippen LogP contribution in [0.25, 0.3) is 0 Å². The molecule has 6 nitrogen and oxygen atoms in total. The molecule has 3 N–H and O–H groups in total. The molecule has 2 atom stereocenters. The highest BCUT2D eigenvalue weighted by molar-refractivity contribution is 7.09. The molecule has 1 saturated heterocycles. The second-order valence-corrected chi connectivity index (χ2v) is 7.68. The maximum Gasteiger partial charge on any atom is 0.188 e. The first-order valence-corrected chi connectivity index (χ1v) is 9.89. The number of nitrogens with zero attached hydrogens (tertiary/aromatic N) is 3. The Labute approximate surface area is 159 Å². The number of pyridine rings is 1. The van der Waals surface area contributed by atoms with Gasteiger partial charge in [-0.1, -0.05) is 12.1 Å². The van der Waals surface area contributed by atoms with Crippen molar-refractivity contribution in [1.29, 1.82) is 0 Å². The average Bonchev–Trinajstić information content (AvgIpc) is 3.13. The van der Waals surface area contributed by atoms with Crippen molar-refractivity contribution in [2.24, 2.45) is 10.7 Å². The lowest BCUT2D eigenvalue weighted by Gasteiger charge is -2.36. The predicted octanol–water partition coefficient (Wildman–Crippen LogP) is 2.40. The normalized spacial score (nSPS) is 21.0. The number of aliphatic imine (C=N–C) groups is 1. The van der Waals surface area contributed by atoms with E-state index in [-0.39, 0.29) is 12.2 Å². The number of guanidine groups is 1. The maximum absolute atomic E-state index is 5.94. The molecular formula is C19H27N5OS. The van der Waals surface area contributed by atoms with Crippen LogP contribution >= 0.6 is 11.3 Å². The molecule has 7 heteroatoms. The first kappa shape index (κ1) is 18.7. The van der Waals surface area contributed by atoms with Crippen LogP contribution in [0.15, 0.2) is 40.8 Å². The number of nitrogens with one attached hydrogen (secondary N) is 1. The first-order chi connectivity index (χ1) is 12.6. The zero-order valence-electron chi connectivity index (χ0n) is 15.4. The van der Waals surface area contributed by atoms with Crippen molar-refractivity contribution in [3.8, 4) is 0 Å². The molecule has 0 bridgehead atoms. The highest BCUT2D eigenvalue weighted by Crippen LogP contribution is 2.18. The Hall–Kier alpha value is -2.12. The maximum atomic E-state index is 5.94. The molecule has 0 amide bonds. The minimum absolute atomic E-state index is 0.227. The van der Waals surface area contributed by atoms with Gasteiger partial charge in [0.1, 0.15) is 5.82 Å². The summed E-state index contributed by atoms with van der Waals surface area (Å²) in [4.78, 5) is 12.6. The lowest BCUT2D eigenvalue weighted by atomic mass is 10.2. The molecule has 0 aromatic carbocycles. The van der Waals surface area contributed by atoms with Crippen molar-refractivity contribution in [3.05, 3.63) is 46.3 Å². The van der Waals surface area contributed by atoms with Gasteiger partial charge in [-0.25, -0.2) is 9.98 Å². The Balaban J connectivity index is 1.47. The van der Waals surface area contributed by atoms with Crippen molar-refractivity contribution in [1.82, 2.24) is 10.3 Å². The number of hydrogen-bond acceptors (Lipinski definition) is 5. The van der Waals surface area contributed by atoms with Crippen LogP contribution in [0, 0.1) is 0 Å². The number of ether oxygens (including phenoxy) is 1. The quantitative estimate of drug-likeness (QED) is 0.601. The molecular weight excluding hydrogens is 346 g/mol. The second kappa shape index (κ2) is 9.00. The van der Waals surface area contributed by atoms with E-state index in [1.54, 1.807) is 11.3 Å². The molecule has 0 radical (unpaired) electrons. The number of thiophene rings is 1. The van der Waals surface area contributed by atoms with Crippen LogP contribution in [0.3, 0.4) is 0 Å². The smallest absolute Gasteiger partial charge is 0.188 e. The summed E-state index contributed by atoms with van der Waals surface area (Å²) in [6.45, 7) is 7.26. The van der Waals surface area contributed by atoms with Crippen LogP contribution in [0.4, 0.5) is 5.82 Å². The van der Waals surface area contributed by atoms with Gasteiger partial charge in [0.25, 0.3) is 0 Å². The molecule has 1 aliphatic heterocycles. The van der Waals surface area contributed by atoms with E-state index >= 15 is 0 Å². The van der Waals surface area contributed by atoms with E-state index in [1.165, 1.54) is 4.88 Å². The van der Waals surface area contributed by atoms with Crippen LogP contribution in [-0.2, 0) is 17.7 Å². The van der Waals surface area contributed by atoms with Crippen LogP contribution in [-0.4, -0.2) is 42.8 Å². The molecule has 0 saturated carbocycles. The molecule has 3 heterocycles. The highest BCUT2D eigenvalue weighted by Gasteiger charge is 2.22.